The van der Waals surface area contributed by atoms with Crippen molar-refractivity contribution in [3.05, 3.63) is 23.8 Å². The van der Waals surface area contributed by atoms with Crippen molar-refractivity contribution < 1.29 is 9.59 Å². The topological polar surface area (TPSA) is 89.2 Å². The molecule has 1 aromatic heterocycles. The SMILES string of the molecule is NC(=O)c1cc(C[C@@H]2CCCN(C(=O)C3CCC3)CC2)ncn1. The van der Waals surface area contributed by atoms with Gasteiger partial charge in [0.2, 0.25) is 5.91 Å². The molecule has 6 nitrogen and oxygen atoms in total. The van der Waals surface area contributed by atoms with Gasteiger partial charge < -0.3 is 10.6 Å². The maximum atomic E-state index is 12.4. The Labute approximate surface area is 136 Å². The van der Waals surface area contributed by atoms with Gasteiger partial charge in [-0.1, -0.05) is 6.42 Å². The van der Waals surface area contributed by atoms with Crippen LogP contribution < -0.4 is 5.73 Å². The number of carbonyl (C=O) groups is 2. The van der Waals surface area contributed by atoms with E-state index in [2.05, 4.69) is 14.9 Å². The molecule has 1 aliphatic heterocycles. The summed E-state index contributed by atoms with van der Waals surface area (Å²) in [5.74, 6) is 0.609. The molecule has 2 fully saturated rings. The largest absolute Gasteiger partial charge is 0.364 e. The lowest BCUT2D eigenvalue weighted by atomic mass is 9.84. The summed E-state index contributed by atoms with van der Waals surface area (Å²) in [5, 5.41) is 0. The van der Waals surface area contributed by atoms with Gasteiger partial charge in [0.15, 0.2) is 0 Å². The highest BCUT2D eigenvalue weighted by Crippen LogP contribution is 2.30. The fourth-order valence-electron chi connectivity index (χ4n) is 3.44. The molecule has 2 aliphatic rings. The third-order valence-corrected chi connectivity index (χ3v) is 5.09. The van der Waals surface area contributed by atoms with Crippen LogP contribution in [0.2, 0.25) is 0 Å². The Morgan fingerprint density at radius 2 is 1.96 bits per heavy atom. The molecule has 1 saturated heterocycles. The van der Waals surface area contributed by atoms with E-state index >= 15 is 0 Å². The van der Waals surface area contributed by atoms with Crippen LogP contribution in [0.4, 0.5) is 0 Å². The van der Waals surface area contributed by atoms with E-state index in [0.29, 0.717) is 11.8 Å². The first-order valence-electron chi connectivity index (χ1n) is 8.53. The first-order valence-corrected chi connectivity index (χ1v) is 8.53. The number of amides is 2. The molecule has 124 valence electrons. The molecule has 2 heterocycles. The quantitative estimate of drug-likeness (QED) is 0.912. The number of rotatable bonds is 4. The van der Waals surface area contributed by atoms with Gasteiger partial charge in [-0.25, -0.2) is 9.97 Å². The van der Waals surface area contributed by atoms with E-state index in [0.717, 1.165) is 57.3 Å². The number of primary amides is 1. The third kappa shape index (κ3) is 3.86. The summed E-state index contributed by atoms with van der Waals surface area (Å²) >= 11 is 0. The second-order valence-electron chi connectivity index (χ2n) is 6.71. The molecule has 3 rings (SSSR count). The summed E-state index contributed by atoms with van der Waals surface area (Å²) in [5.41, 5.74) is 6.39. The summed E-state index contributed by atoms with van der Waals surface area (Å²) in [6, 6.07) is 1.69. The van der Waals surface area contributed by atoms with Crippen LogP contribution in [0, 0.1) is 11.8 Å². The van der Waals surface area contributed by atoms with Crippen LogP contribution in [0.1, 0.15) is 54.7 Å². The molecule has 6 heteroatoms. The second-order valence-corrected chi connectivity index (χ2v) is 6.71. The highest BCUT2D eigenvalue weighted by atomic mass is 16.2. The molecule has 1 saturated carbocycles. The van der Waals surface area contributed by atoms with Gasteiger partial charge in [0, 0.05) is 24.7 Å². The minimum atomic E-state index is -0.521. The molecule has 0 bridgehead atoms. The zero-order valence-electron chi connectivity index (χ0n) is 13.4. The second kappa shape index (κ2) is 7.06. The van der Waals surface area contributed by atoms with Crippen molar-refractivity contribution in [1.29, 1.82) is 0 Å². The van der Waals surface area contributed by atoms with Crippen molar-refractivity contribution in [2.75, 3.05) is 13.1 Å². The van der Waals surface area contributed by atoms with Crippen LogP contribution >= 0.6 is 0 Å². The third-order valence-electron chi connectivity index (χ3n) is 5.09. The van der Waals surface area contributed by atoms with E-state index in [1.54, 1.807) is 6.07 Å². The average Bonchev–Trinajstić information content (AvgIpc) is 2.71. The summed E-state index contributed by atoms with van der Waals surface area (Å²) in [7, 11) is 0. The number of carbonyl (C=O) groups excluding carboxylic acids is 2. The Kier molecular flexibility index (Phi) is 4.88. The number of likely N-dealkylation sites (tertiary alicyclic amines) is 1. The van der Waals surface area contributed by atoms with E-state index in [9.17, 15) is 9.59 Å². The van der Waals surface area contributed by atoms with Crippen LogP contribution in [-0.2, 0) is 11.2 Å². The average molecular weight is 316 g/mol. The number of aromatic nitrogens is 2. The van der Waals surface area contributed by atoms with Gasteiger partial charge in [0.05, 0.1) is 0 Å². The standard InChI is InChI=1S/C17H24N4O2/c18-16(22)15-10-14(19-11-20-15)9-12-3-2-7-21(8-6-12)17(23)13-4-1-5-13/h10-13H,1-9H2,(H2,18,22)/t12-/m1/s1. The molecule has 1 aliphatic carbocycles. The minimum Gasteiger partial charge on any atom is -0.364 e. The molecule has 1 atom stereocenters. The van der Waals surface area contributed by atoms with Crippen molar-refractivity contribution in [1.82, 2.24) is 14.9 Å². The molecule has 0 radical (unpaired) electrons. The fraction of sp³-hybridized carbons (Fsp3) is 0.647. The van der Waals surface area contributed by atoms with Gasteiger partial charge in [0.1, 0.15) is 12.0 Å². The fourth-order valence-corrected chi connectivity index (χ4v) is 3.44. The molecule has 2 N–H and O–H groups in total. The molecule has 23 heavy (non-hydrogen) atoms. The van der Waals surface area contributed by atoms with Crippen molar-refractivity contribution in [2.24, 2.45) is 17.6 Å². The lowest BCUT2D eigenvalue weighted by Crippen LogP contribution is -2.39. The molecular formula is C17H24N4O2. The van der Waals surface area contributed by atoms with Crippen LogP contribution in [0.25, 0.3) is 0 Å². The number of hydrogen-bond donors (Lipinski definition) is 1. The number of nitrogens with two attached hydrogens (primary N) is 1. The van der Waals surface area contributed by atoms with Gasteiger partial charge in [-0.15, -0.1) is 0 Å². The van der Waals surface area contributed by atoms with Crippen molar-refractivity contribution in [2.45, 2.75) is 44.9 Å². The zero-order chi connectivity index (χ0) is 16.2. The van der Waals surface area contributed by atoms with Crippen molar-refractivity contribution in [3.63, 3.8) is 0 Å². The first-order chi connectivity index (χ1) is 11.1. The zero-order valence-corrected chi connectivity index (χ0v) is 13.4. The number of nitrogens with zero attached hydrogens (tertiary/aromatic N) is 3. The highest BCUT2D eigenvalue weighted by Gasteiger charge is 2.30. The van der Waals surface area contributed by atoms with Gasteiger partial charge in [-0.3, -0.25) is 9.59 Å². The van der Waals surface area contributed by atoms with Gasteiger partial charge >= 0.3 is 0 Å². The maximum absolute atomic E-state index is 12.4. The Hall–Kier alpha value is -1.98. The van der Waals surface area contributed by atoms with Gasteiger partial charge in [-0.2, -0.15) is 0 Å². The van der Waals surface area contributed by atoms with Crippen LogP contribution in [-0.4, -0.2) is 39.8 Å². The Balaban J connectivity index is 1.56. The molecule has 0 aromatic carbocycles. The molecule has 0 unspecified atom stereocenters. The Morgan fingerprint density at radius 1 is 1.13 bits per heavy atom. The van der Waals surface area contributed by atoms with Gasteiger partial charge in [0.25, 0.3) is 5.91 Å². The monoisotopic (exact) mass is 316 g/mol. The lowest BCUT2D eigenvalue weighted by Gasteiger charge is -2.31. The summed E-state index contributed by atoms with van der Waals surface area (Å²) in [6.07, 6.45) is 8.66. The van der Waals surface area contributed by atoms with E-state index in [1.807, 2.05) is 0 Å². The van der Waals surface area contributed by atoms with Crippen LogP contribution in [0.3, 0.4) is 0 Å². The lowest BCUT2D eigenvalue weighted by molar-refractivity contribution is -0.138. The Morgan fingerprint density at radius 3 is 2.65 bits per heavy atom. The predicted molar refractivity (Wildman–Crippen MR) is 85.5 cm³/mol. The summed E-state index contributed by atoms with van der Waals surface area (Å²) in [6.45, 7) is 1.72. The molecule has 1 aromatic rings. The van der Waals surface area contributed by atoms with Crippen LogP contribution in [0.5, 0.6) is 0 Å². The first kappa shape index (κ1) is 15.9. The maximum Gasteiger partial charge on any atom is 0.267 e. The highest BCUT2D eigenvalue weighted by molar-refractivity contribution is 5.90. The van der Waals surface area contributed by atoms with E-state index < -0.39 is 5.91 Å². The van der Waals surface area contributed by atoms with Gasteiger partial charge in [-0.05, 0) is 50.5 Å². The molecule has 2 amide bonds. The Bertz CT molecular complexity index is 586. The number of hydrogen-bond acceptors (Lipinski definition) is 4. The molecular weight excluding hydrogens is 292 g/mol. The van der Waals surface area contributed by atoms with E-state index in [1.165, 1.54) is 12.7 Å². The van der Waals surface area contributed by atoms with Crippen LogP contribution in [0.15, 0.2) is 12.4 Å². The predicted octanol–water partition coefficient (Wildman–Crippen LogP) is 1.55. The summed E-state index contributed by atoms with van der Waals surface area (Å²) < 4.78 is 0. The minimum absolute atomic E-state index is 0.269. The summed E-state index contributed by atoms with van der Waals surface area (Å²) in [4.78, 5) is 33.8. The smallest absolute Gasteiger partial charge is 0.267 e. The molecule has 0 spiro atoms. The normalized spacial score (nSPS) is 22.3. The van der Waals surface area contributed by atoms with Crippen molar-refractivity contribution in [3.8, 4) is 0 Å². The van der Waals surface area contributed by atoms with Crippen molar-refractivity contribution >= 4 is 11.8 Å². The van der Waals surface area contributed by atoms with E-state index in [-0.39, 0.29) is 11.6 Å². The van der Waals surface area contributed by atoms with E-state index in [4.69, 9.17) is 5.73 Å².